The van der Waals surface area contributed by atoms with E-state index in [2.05, 4.69) is 0 Å². The van der Waals surface area contributed by atoms with Gasteiger partial charge < -0.3 is 10.2 Å². The van der Waals surface area contributed by atoms with Crippen molar-refractivity contribution in [2.45, 2.75) is 0 Å². The molecule has 2 nitrogen and oxygen atoms in total. The van der Waals surface area contributed by atoms with Gasteiger partial charge in [0.1, 0.15) is 11.5 Å². The molecule has 0 radical (unpaired) electrons. The highest BCUT2D eigenvalue weighted by Gasteiger charge is 2.06. The average molecular weight is 324 g/mol. The molecule has 0 aromatic heterocycles. The van der Waals surface area contributed by atoms with E-state index in [4.69, 9.17) is 33.7 Å². The standard InChI is InChI=1S/C12H10O2.Cl3P/c13-11-7-3-1-5-9(11)10-6-2-4-8-12(10)14;1-4(2)3/h1-8,13-14H;. The van der Waals surface area contributed by atoms with Crippen molar-refractivity contribution in [2.24, 2.45) is 0 Å². The maximum atomic E-state index is 9.58. The van der Waals surface area contributed by atoms with Crippen molar-refractivity contribution in [1.29, 1.82) is 0 Å². The summed E-state index contributed by atoms with van der Waals surface area (Å²) in [6, 6.07) is 13.9. The number of aromatic hydroxyl groups is 2. The molecule has 0 aliphatic heterocycles. The topological polar surface area (TPSA) is 40.5 Å². The molecule has 18 heavy (non-hydrogen) atoms. The molecule has 0 heterocycles. The van der Waals surface area contributed by atoms with Crippen molar-refractivity contribution in [3.63, 3.8) is 0 Å². The number of hydrogen-bond donors (Lipinski definition) is 2. The Morgan fingerprint density at radius 3 is 1.22 bits per heavy atom. The van der Waals surface area contributed by atoms with E-state index in [1.807, 2.05) is 12.1 Å². The molecule has 0 atom stereocenters. The van der Waals surface area contributed by atoms with Crippen LogP contribution in [0.4, 0.5) is 0 Å². The maximum absolute atomic E-state index is 9.58. The lowest BCUT2D eigenvalue weighted by Gasteiger charge is -2.05. The third kappa shape index (κ3) is 4.91. The molecule has 0 aliphatic carbocycles. The molecule has 0 aliphatic rings. The number of hydrogen-bond acceptors (Lipinski definition) is 2. The number of para-hydroxylation sites is 2. The number of benzene rings is 2. The van der Waals surface area contributed by atoms with Gasteiger partial charge in [-0.15, -0.1) is 0 Å². The highest BCUT2D eigenvalue weighted by Crippen LogP contribution is 2.51. The summed E-state index contributed by atoms with van der Waals surface area (Å²) in [6.07, 6.45) is 0. The summed E-state index contributed by atoms with van der Waals surface area (Å²) < 4.78 is 0. The van der Waals surface area contributed by atoms with Gasteiger partial charge in [-0.3, -0.25) is 0 Å². The van der Waals surface area contributed by atoms with Crippen LogP contribution < -0.4 is 0 Å². The monoisotopic (exact) mass is 322 g/mol. The fraction of sp³-hybridized carbons (Fsp3) is 0. The Bertz CT molecular complexity index is 460. The smallest absolute Gasteiger partial charge is 0.179 e. The van der Waals surface area contributed by atoms with Crippen LogP contribution in [0.15, 0.2) is 48.5 Å². The van der Waals surface area contributed by atoms with E-state index < -0.39 is 5.98 Å². The third-order valence-corrected chi connectivity index (χ3v) is 2.10. The van der Waals surface area contributed by atoms with Gasteiger partial charge in [-0.05, 0) is 12.1 Å². The highest BCUT2D eigenvalue weighted by molar-refractivity contribution is 8.20. The molecule has 6 heteroatoms. The van der Waals surface area contributed by atoms with Crippen molar-refractivity contribution in [3.8, 4) is 22.6 Å². The summed E-state index contributed by atoms with van der Waals surface area (Å²) in [5.41, 5.74) is 1.29. The SMILES string of the molecule is ClP(Cl)Cl.Oc1ccccc1-c1ccccc1O. The molecule has 0 spiro atoms. The number of halogens is 3. The van der Waals surface area contributed by atoms with Crippen LogP contribution in [0.1, 0.15) is 0 Å². The zero-order valence-corrected chi connectivity index (χ0v) is 12.3. The van der Waals surface area contributed by atoms with Crippen LogP contribution in [-0.2, 0) is 0 Å². The van der Waals surface area contributed by atoms with Crippen LogP contribution in [0.25, 0.3) is 11.1 Å². The lowest BCUT2D eigenvalue weighted by atomic mass is 10.0. The summed E-state index contributed by atoms with van der Waals surface area (Å²) in [6.45, 7) is 0. The minimum absolute atomic E-state index is 0.175. The van der Waals surface area contributed by atoms with Gasteiger partial charge in [-0.1, -0.05) is 70.1 Å². The molecule has 2 N–H and O–H groups in total. The van der Waals surface area contributed by atoms with Crippen LogP contribution in [0.3, 0.4) is 0 Å². The van der Waals surface area contributed by atoms with Crippen molar-refractivity contribution in [3.05, 3.63) is 48.5 Å². The van der Waals surface area contributed by atoms with Crippen LogP contribution in [0.2, 0.25) is 0 Å². The first-order chi connectivity index (χ1) is 8.52. The minimum atomic E-state index is -1.20. The summed E-state index contributed by atoms with van der Waals surface area (Å²) >= 11 is 14.6. The summed E-state index contributed by atoms with van der Waals surface area (Å²) in [5, 5.41) is 19.2. The Morgan fingerprint density at radius 1 is 0.667 bits per heavy atom. The zero-order chi connectivity index (χ0) is 13.5. The third-order valence-electron chi connectivity index (χ3n) is 2.10. The van der Waals surface area contributed by atoms with E-state index in [9.17, 15) is 10.2 Å². The quantitative estimate of drug-likeness (QED) is 0.661. The molecule has 0 fully saturated rings. The molecule has 2 aromatic carbocycles. The maximum Gasteiger partial charge on any atom is 0.179 e. The second-order valence-electron chi connectivity index (χ2n) is 3.23. The van der Waals surface area contributed by atoms with Gasteiger partial charge >= 0.3 is 0 Å². The summed E-state index contributed by atoms with van der Waals surface area (Å²) in [4.78, 5) is 0. The largest absolute Gasteiger partial charge is 0.507 e. The first-order valence-corrected chi connectivity index (χ1v) is 8.92. The second kappa shape index (κ2) is 7.70. The lowest BCUT2D eigenvalue weighted by Crippen LogP contribution is -1.79. The highest BCUT2D eigenvalue weighted by atomic mass is 36.0. The van der Waals surface area contributed by atoms with Gasteiger partial charge in [-0.25, -0.2) is 0 Å². The normalized spacial score (nSPS) is 9.78. The first kappa shape index (κ1) is 15.4. The molecule has 0 unspecified atom stereocenters. The predicted octanol–water partition coefficient (Wildman–Crippen LogP) is 5.69. The van der Waals surface area contributed by atoms with E-state index >= 15 is 0 Å². The van der Waals surface area contributed by atoms with Crippen LogP contribution >= 0.6 is 39.7 Å². The van der Waals surface area contributed by atoms with Crippen LogP contribution in [0, 0.1) is 0 Å². The van der Waals surface area contributed by atoms with Crippen molar-refractivity contribution < 1.29 is 10.2 Å². The Kier molecular flexibility index (Phi) is 6.59. The molecular formula is C12H10Cl3O2P. The van der Waals surface area contributed by atoms with E-state index in [1.165, 1.54) is 0 Å². The van der Waals surface area contributed by atoms with Crippen molar-refractivity contribution >= 4 is 39.7 Å². The Labute approximate surface area is 121 Å². The number of phenols is 2. The molecule has 0 amide bonds. The summed E-state index contributed by atoms with van der Waals surface area (Å²) in [7, 11) is 0. The first-order valence-electron chi connectivity index (χ1n) is 4.86. The Hall–Kier alpha value is -0.660. The minimum Gasteiger partial charge on any atom is -0.507 e. The zero-order valence-electron chi connectivity index (χ0n) is 9.09. The number of phenolic OH excluding ortho intramolecular Hbond substituents is 2. The molecule has 0 saturated heterocycles. The molecule has 0 bridgehead atoms. The van der Waals surface area contributed by atoms with Gasteiger partial charge in [0.25, 0.3) is 0 Å². The Morgan fingerprint density at radius 2 is 0.944 bits per heavy atom. The fourth-order valence-electron chi connectivity index (χ4n) is 1.40. The Balaban J connectivity index is 0.000000357. The molecule has 0 saturated carbocycles. The van der Waals surface area contributed by atoms with Crippen LogP contribution in [-0.4, -0.2) is 10.2 Å². The van der Waals surface area contributed by atoms with Gasteiger partial charge in [0.05, 0.1) is 0 Å². The lowest BCUT2D eigenvalue weighted by molar-refractivity contribution is 0.469. The van der Waals surface area contributed by atoms with E-state index in [0.29, 0.717) is 11.1 Å². The number of rotatable bonds is 1. The van der Waals surface area contributed by atoms with Gasteiger partial charge in [0.15, 0.2) is 5.98 Å². The predicted molar refractivity (Wildman–Crippen MR) is 79.7 cm³/mol. The fourth-order valence-corrected chi connectivity index (χ4v) is 1.40. The average Bonchev–Trinajstić information content (AvgIpc) is 2.30. The molecule has 96 valence electrons. The van der Waals surface area contributed by atoms with E-state index in [0.717, 1.165) is 0 Å². The van der Waals surface area contributed by atoms with Crippen LogP contribution in [0.5, 0.6) is 11.5 Å². The van der Waals surface area contributed by atoms with Gasteiger partial charge in [0.2, 0.25) is 0 Å². The van der Waals surface area contributed by atoms with Crippen molar-refractivity contribution in [1.82, 2.24) is 0 Å². The molecule has 2 rings (SSSR count). The van der Waals surface area contributed by atoms with Gasteiger partial charge in [0, 0.05) is 11.1 Å². The van der Waals surface area contributed by atoms with Crippen molar-refractivity contribution in [2.75, 3.05) is 0 Å². The summed E-state index contributed by atoms with van der Waals surface area (Å²) in [5.74, 6) is -0.854. The van der Waals surface area contributed by atoms with Gasteiger partial charge in [-0.2, -0.15) is 0 Å². The van der Waals surface area contributed by atoms with E-state index in [-0.39, 0.29) is 11.5 Å². The second-order valence-corrected chi connectivity index (χ2v) is 8.21. The molecule has 2 aromatic rings. The van der Waals surface area contributed by atoms with E-state index in [1.54, 1.807) is 36.4 Å². The molecular weight excluding hydrogens is 313 g/mol.